The molecule has 0 atom stereocenters. The molecule has 0 heterocycles. The van der Waals surface area contributed by atoms with Crippen molar-refractivity contribution in [3.8, 4) is 0 Å². The fraction of sp³-hybridized carbons (Fsp3) is 1.00. The van der Waals surface area contributed by atoms with Crippen LogP contribution in [0.2, 0.25) is 0 Å². The molecule has 0 aliphatic rings. The summed E-state index contributed by atoms with van der Waals surface area (Å²) in [6.07, 6.45) is 0. The summed E-state index contributed by atoms with van der Waals surface area (Å²) < 4.78 is 0. The molecule has 0 spiro atoms. The van der Waals surface area contributed by atoms with E-state index in [1.807, 2.05) is 0 Å². The fourth-order valence-corrected chi connectivity index (χ4v) is 0. The molecule has 0 aliphatic carbocycles. The minimum Gasteiger partial charge on any atom is -1.00 e. The zero-order chi connectivity index (χ0) is 3.41. The zero-order valence-corrected chi connectivity index (χ0v) is 4.47. The third kappa shape index (κ3) is 12.1. The van der Waals surface area contributed by atoms with Gasteiger partial charge in [0.05, 0.1) is 0 Å². The topological polar surface area (TPSA) is 26.0 Å². The molecule has 0 bridgehead atoms. The van der Waals surface area contributed by atoms with E-state index >= 15 is 0 Å². The van der Waals surface area contributed by atoms with Crippen molar-refractivity contribution >= 4 is 12.6 Å². The summed E-state index contributed by atoms with van der Waals surface area (Å²) in [5.41, 5.74) is 4.95. The van der Waals surface area contributed by atoms with Gasteiger partial charge in [0, 0.05) is 12.3 Å². The lowest BCUT2D eigenvalue weighted by Crippen LogP contribution is -3.00. The van der Waals surface area contributed by atoms with Crippen molar-refractivity contribution in [3.63, 3.8) is 0 Å². The van der Waals surface area contributed by atoms with Gasteiger partial charge in [-0.15, -0.1) is 0 Å². The van der Waals surface area contributed by atoms with Crippen molar-refractivity contribution in [1.29, 1.82) is 0 Å². The van der Waals surface area contributed by atoms with Crippen LogP contribution in [0.15, 0.2) is 0 Å². The first kappa shape index (κ1) is 9.14. The molecule has 2 N–H and O–H groups in total. The molecule has 5 heavy (non-hydrogen) atoms. The number of hydrogen-bond donors (Lipinski definition) is 2. The van der Waals surface area contributed by atoms with Crippen LogP contribution in [0.25, 0.3) is 0 Å². The summed E-state index contributed by atoms with van der Waals surface area (Å²) in [6, 6.07) is 0. The summed E-state index contributed by atoms with van der Waals surface area (Å²) in [6.45, 7) is 0.684. The molecule has 0 fully saturated rings. The molecule has 0 aliphatic heterocycles. The average Bonchev–Trinajstić information content (AvgIpc) is 1.37. The molecule has 0 saturated carbocycles. The van der Waals surface area contributed by atoms with Gasteiger partial charge in [-0.25, -0.2) is 0 Å². The number of thiol groups is 1. The molecule has 0 amide bonds. The van der Waals surface area contributed by atoms with E-state index in [0.29, 0.717) is 6.54 Å². The fourth-order valence-electron chi connectivity index (χ4n) is 0. The Morgan fingerprint density at radius 2 is 2.00 bits per heavy atom. The van der Waals surface area contributed by atoms with E-state index in [1.54, 1.807) is 0 Å². The quantitative estimate of drug-likeness (QED) is 0.348. The first-order valence-electron chi connectivity index (χ1n) is 1.22. The molecular formula is C2H8ClNS. The Hall–Kier alpha value is 0.600. The predicted molar refractivity (Wildman–Crippen MR) is 24.0 cm³/mol. The van der Waals surface area contributed by atoms with E-state index < -0.39 is 0 Å². The van der Waals surface area contributed by atoms with Gasteiger partial charge in [0.25, 0.3) is 0 Å². The Bertz CT molecular complexity index is 15.5. The minimum atomic E-state index is 0. The van der Waals surface area contributed by atoms with E-state index in [1.165, 1.54) is 0 Å². The largest absolute Gasteiger partial charge is 1.00 e. The molecule has 34 valence electrons. The maximum absolute atomic E-state index is 4.95. The van der Waals surface area contributed by atoms with Crippen LogP contribution in [-0.4, -0.2) is 12.3 Å². The zero-order valence-electron chi connectivity index (χ0n) is 3.82. The highest BCUT2D eigenvalue weighted by molar-refractivity contribution is 7.80. The number of halogens is 1. The third-order valence-corrected chi connectivity index (χ3v) is 0.387. The predicted octanol–water partition coefficient (Wildman–Crippen LogP) is -3.01. The summed E-state index contributed by atoms with van der Waals surface area (Å²) in [5.74, 6) is 0.792. The van der Waals surface area contributed by atoms with Gasteiger partial charge < -0.3 is 18.1 Å². The summed E-state index contributed by atoms with van der Waals surface area (Å²) in [5, 5.41) is 0. The van der Waals surface area contributed by atoms with E-state index in [2.05, 4.69) is 12.6 Å². The van der Waals surface area contributed by atoms with E-state index in [-0.39, 0.29) is 13.8 Å². The SMILES string of the molecule is NCCS.[Cl-].[H+]. The van der Waals surface area contributed by atoms with Crippen molar-refractivity contribution in [2.24, 2.45) is 5.73 Å². The smallest absolute Gasteiger partial charge is 1.00 e. The second kappa shape index (κ2) is 8.82. The molecule has 0 aromatic rings. The Morgan fingerprint density at radius 1 is 1.80 bits per heavy atom. The van der Waals surface area contributed by atoms with Crippen molar-refractivity contribution in [1.82, 2.24) is 0 Å². The standard InChI is InChI=1S/C2H7NS.ClH/c3-1-2-4;/h4H,1-3H2;1H. The Kier molecular flexibility index (Phi) is 16.1. The highest BCUT2D eigenvalue weighted by atomic mass is 35.5. The van der Waals surface area contributed by atoms with Crippen molar-refractivity contribution in [2.45, 2.75) is 0 Å². The van der Waals surface area contributed by atoms with Crippen molar-refractivity contribution in [2.75, 3.05) is 12.3 Å². The van der Waals surface area contributed by atoms with Gasteiger partial charge in [-0.1, -0.05) is 0 Å². The van der Waals surface area contributed by atoms with E-state index in [4.69, 9.17) is 5.73 Å². The highest BCUT2D eigenvalue weighted by Gasteiger charge is 1.56. The van der Waals surface area contributed by atoms with E-state index in [0.717, 1.165) is 5.75 Å². The summed E-state index contributed by atoms with van der Waals surface area (Å²) in [7, 11) is 0. The first-order valence-corrected chi connectivity index (χ1v) is 1.86. The van der Waals surface area contributed by atoms with Crippen molar-refractivity contribution in [3.05, 3.63) is 0 Å². The highest BCUT2D eigenvalue weighted by Crippen LogP contribution is 1.58. The number of rotatable bonds is 1. The number of hydrogen-bond acceptors (Lipinski definition) is 2. The normalized spacial score (nSPS) is 6.00. The van der Waals surface area contributed by atoms with E-state index in [9.17, 15) is 0 Å². The summed E-state index contributed by atoms with van der Waals surface area (Å²) >= 11 is 3.80. The molecule has 3 heteroatoms. The lowest BCUT2D eigenvalue weighted by molar-refractivity contribution is -0.000000888. The van der Waals surface area contributed by atoms with Gasteiger partial charge in [-0.05, 0) is 0 Å². The monoisotopic (exact) mass is 113 g/mol. The number of nitrogens with two attached hydrogens (primary N) is 1. The Balaban J connectivity index is -0.0000000450. The van der Waals surface area contributed by atoms with Gasteiger partial charge in [-0.2, -0.15) is 12.6 Å². The van der Waals surface area contributed by atoms with Crippen LogP contribution in [0.4, 0.5) is 0 Å². The second-order valence-corrected chi connectivity index (χ2v) is 0.959. The lowest BCUT2D eigenvalue weighted by atomic mass is 10.8. The maximum Gasteiger partial charge on any atom is 1.00 e. The first-order chi connectivity index (χ1) is 1.91. The van der Waals surface area contributed by atoms with Gasteiger partial charge >= 0.3 is 1.43 Å². The van der Waals surface area contributed by atoms with Crippen LogP contribution in [0, 0.1) is 0 Å². The molecule has 0 unspecified atom stereocenters. The molecule has 0 rings (SSSR count). The van der Waals surface area contributed by atoms with Crippen LogP contribution >= 0.6 is 12.6 Å². The van der Waals surface area contributed by atoms with Gasteiger partial charge in [0.15, 0.2) is 0 Å². The van der Waals surface area contributed by atoms with Crippen LogP contribution in [0.1, 0.15) is 1.43 Å². The second-order valence-electron chi connectivity index (χ2n) is 0.512. The van der Waals surface area contributed by atoms with Gasteiger partial charge in [0.2, 0.25) is 0 Å². The molecular weight excluding hydrogens is 106 g/mol. The molecule has 0 aromatic carbocycles. The minimum absolute atomic E-state index is 0. The van der Waals surface area contributed by atoms with Crippen LogP contribution < -0.4 is 18.1 Å². The average molecular weight is 114 g/mol. The summed E-state index contributed by atoms with van der Waals surface area (Å²) in [4.78, 5) is 0. The molecule has 0 radical (unpaired) electrons. The van der Waals surface area contributed by atoms with Crippen LogP contribution in [0.3, 0.4) is 0 Å². The lowest BCUT2D eigenvalue weighted by Gasteiger charge is -1.69. The van der Waals surface area contributed by atoms with Gasteiger partial charge in [-0.3, -0.25) is 0 Å². The van der Waals surface area contributed by atoms with Crippen molar-refractivity contribution < 1.29 is 13.8 Å². The molecule has 0 saturated heterocycles. The Labute approximate surface area is 45.2 Å². The van der Waals surface area contributed by atoms with Crippen LogP contribution in [0.5, 0.6) is 0 Å². The van der Waals surface area contributed by atoms with Crippen LogP contribution in [-0.2, 0) is 0 Å². The van der Waals surface area contributed by atoms with Gasteiger partial charge in [0.1, 0.15) is 0 Å². The maximum atomic E-state index is 4.95. The third-order valence-electron chi connectivity index (χ3n) is 0.129. The molecule has 0 aromatic heterocycles. The molecule has 1 nitrogen and oxygen atoms in total. The Morgan fingerprint density at radius 3 is 2.00 bits per heavy atom.